The lowest BCUT2D eigenvalue weighted by atomic mass is 9.67. The fraction of sp³-hybridized carbons (Fsp3) is 0.947. The van der Waals surface area contributed by atoms with E-state index in [2.05, 4.69) is 34.6 Å². The molecule has 0 saturated heterocycles. The Labute approximate surface area is 126 Å². The number of hydrogen-bond donors (Lipinski definition) is 0. The molecule has 0 N–H and O–H groups in total. The second-order valence-electron chi connectivity index (χ2n) is 7.70. The minimum Gasteiger partial charge on any atom is -0.299 e. The first-order valence-corrected chi connectivity index (χ1v) is 8.98. The third kappa shape index (κ3) is 5.58. The maximum atomic E-state index is 12.7. The number of Topliss-reactive ketones (excluding diaryl/α,β-unsaturated/α-hetero) is 1. The van der Waals surface area contributed by atoms with Crippen LogP contribution in [0, 0.1) is 29.6 Å². The highest BCUT2D eigenvalue weighted by Crippen LogP contribution is 2.39. The molecule has 1 rings (SSSR count). The Kier molecular flexibility index (Phi) is 7.84. The first kappa shape index (κ1) is 17.7. The fourth-order valence-electron chi connectivity index (χ4n) is 3.91. The monoisotopic (exact) mass is 280 g/mol. The maximum absolute atomic E-state index is 12.7. The highest BCUT2D eigenvalue weighted by molar-refractivity contribution is 5.81. The van der Waals surface area contributed by atoms with Crippen molar-refractivity contribution in [3.63, 3.8) is 0 Å². The highest BCUT2D eigenvalue weighted by Gasteiger charge is 2.35. The zero-order valence-corrected chi connectivity index (χ0v) is 14.5. The van der Waals surface area contributed by atoms with Crippen LogP contribution in [0.15, 0.2) is 0 Å². The summed E-state index contributed by atoms with van der Waals surface area (Å²) in [5.41, 5.74) is 0. The zero-order valence-electron chi connectivity index (χ0n) is 14.5. The van der Waals surface area contributed by atoms with E-state index in [1.165, 1.54) is 38.5 Å². The second kappa shape index (κ2) is 8.85. The van der Waals surface area contributed by atoms with Gasteiger partial charge in [-0.1, -0.05) is 66.7 Å². The smallest absolute Gasteiger partial charge is 0.136 e. The summed E-state index contributed by atoms with van der Waals surface area (Å²) in [7, 11) is 0. The minimum atomic E-state index is 0.354. The van der Waals surface area contributed by atoms with Crippen molar-refractivity contribution in [2.24, 2.45) is 29.6 Å². The van der Waals surface area contributed by atoms with Gasteiger partial charge in [-0.15, -0.1) is 0 Å². The van der Waals surface area contributed by atoms with Gasteiger partial charge in [0.1, 0.15) is 5.78 Å². The highest BCUT2D eigenvalue weighted by atomic mass is 16.1. The van der Waals surface area contributed by atoms with Crippen LogP contribution in [0.25, 0.3) is 0 Å². The third-order valence-corrected chi connectivity index (χ3v) is 5.29. The molecule has 1 saturated carbocycles. The lowest BCUT2D eigenvalue weighted by Gasteiger charge is -2.37. The van der Waals surface area contributed by atoms with Crippen molar-refractivity contribution in [1.29, 1.82) is 0 Å². The quantitative estimate of drug-likeness (QED) is 0.508. The topological polar surface area (TPSA) is 17.1 Å². The molecule has 1 nitrogen and oxygen atoms in total. The first-order chi connectivity index (χ1) is 9.45. The summed E-state index contributed by atoms with van der Waals surface area (Å²) >= 11 is 0. The number of unbranched alkanes of at least 4 members (excludes halogenated alkanes) is 2. The molecule has 0 aliphatic heterocycles. The molecule has 0 aromatic heterocycles. The Morgan fingerprint density at radius 2 is 1.85 bits per heavy atom. The van der Waals surface area contributed by atoms with Crippen molar-refractivity contribution in [1.82, 2.24) is 0 Å². The molecular formula is C19H36O. The number of hydrogen-bond acceptors (Lipinski definition) is 1. The van der Waals surface area contributed by atoms with Gasteiger partial charge in [0.25, 0.3) is 0 Å². The standard InChI is InChI=1S/C19H36O/c1-6-7-8-9-15(4)13-19(20)18-12-16(5)10-11-17(18)14(2)3/h14-18H,6-13H2,1-5H3. The van der Waals surface area contributed by atoms with Crippen LogP contribution in [0.1, 0.15) is 86.0 Å². The summed E-state index contributed by atoms with van der Waals surface area (Å²) < 4.78 is 0. The number of carbonyl (C=O) groups is 1. The third-order valence-electron chi connectivity index (χ3n) is 5.29. The molecule has 1 aliphatic rings. The molecule has 1 heteroatoms. The average molecular weight is 280 g/mol. The van der Waals surface area contributed by atoms with Gasteiger partial charge in [0, 0.05) is 12.3 Å². The normalized spacial score (nSPS) is 28.6. The van der Waals surface area contributed by atoms with E-state index in [1.54, 1.807) is 0 Å². The minimum absolute atomic E-state index is 0.354. The number of ketones is 1. The van der Waals surface area contributed by atoms with Crippen LogP contribution in [0.5, 0.6) is 0 Å². The molecule has 0 amide bonds. The lowest BCUT2D eigenvalue weighted by molar-refractivity contribution is -0.128. The molecule has 20 heavy (non-hydrogen) atoms. The van der Waals surface area contributed by atoms with Crippen molar-refractivity contribution in [2.45, 2.75) is 86.0 Å². The molecule has 0 heterocycles. The van der Waals surface area contributed by atoms with Gasteiger partial charge in [0.05, 0.1) is 0 Å². The average Bonchev–Trinajstić information content (AvgIpc) is 2.38. The molecule has 0 radical (unpaired) electrons. The van der Waals surface area contributed by atoms with Crippen molar-refractivity contribution < 1.29 is 4.79 Å². The number of carbonyl (C=O) groups excluding carboxylic acids is 1. The van der Waals surface area contributed by atoms with Crippen LogP contribution < -0.4 is 0 Å². The Bertz CT molecular complexity index is 281. The van der Waals surface area contributed by atoms with Crippen LogP contribution in [-0.4, -0.2) is 5.78 Å². The molecule has 0 bridgehead atoms. The summed E-state index contributed by atoms with van der Waals surface area (Å²) in [5, 5.41) is 0. The molecule has 1 aliphatic carbocycles. The van der Waals surface area contributed by atoms with E-state index in [9.17, 15) is 4.79 Å². The van der Waals surface area contributed by atoms with E-state index in [0.29, 0.717) is 29.5 Å². The van der Waals surface area contributed by atoms with Gasteiger partial charge in [-0.2, -0.15) is 0 Å². The largest absolute Gasteiger partial charge is 0.299 e. The van der Waals surface area contributed by atoms with Crippen molar-refractivity contribution in [2.75, 3.05) is 0 Å². The van der Waals surface area contributed by atoms with E-state index >= 15 is 0 Å². The fourth-order valence-corrected chi connectivity index (χ4v) is 3.91. The maximum Gasteiger partial charge on any atom is 0.136 e. The van der Waals surface area contributed by atoms with Gasteiger partial charge in [-0.25, -0.2) is 0 Å². The number of rotatable bonds is 8. The van der Waals surface area contributed by atoms with E-state index < -0.39 is 0 Å². The predicted molar refractivity (Wildman–Crippen MR) is 87.8 cm³/mol. The molecule has 118 valence electrons. The first-order valence-electron chi connectivity index (χ1n) is 8.98. The summed E-state index contributed by atoms with van der Waals surface area (Å²) in [6.07, 6.45) is 9.66. The van der Waals surface area contributed by atoms with Gasteiger partial charge >= 0.3 is 0 Å². The predicted octanol–water partition coefficient (Wildman–Crippen LogP) is 5.87. The Hall–Kier alpha value is -0.330. The van der Waals surface area contributed by atoms with Crippen LogP contribution >= 0.6 is 0 Å². The van der Waals surface area contributed by atoms with Crippen molar-refractivity contribution >= 4 is 5.78 Å². The van der Waals surface area contributed by atoms with Crippen LogP contribution in [0.2, 0.25) is 0 Å². The Balaban J connectivity index is 2.49. The molecule has 4 unspecified atom stereocenters. The van der Waals surface area contributed by atoms with E-state index in [4.69, 9.17) is 0 Å². The van der Waals surface area contributed by atoms with Gasteiger partial charge in [0.2, 0.25) is 0 Å². The lowest BCUT2D eigenvalue weighted by Crippen LogP contribution is -2.34. The summed E-state index contributed by atoms with van der Waals surface area (Å²) in [5.74, 6) is 3.55. The van der Waals surface area contributed by atoms with Crippen LogP contribution in [-0.2, 0) is 4.79 Å². The van der Waals surface area contributed by atoms with Crippen LogP contribution in [0.3, 0.4) is 0 Å². The summed E-state index contributed by atoms with van der Waals surface area (Å²) in [4.78, 5) is 12.7. The Morgan fingerprint density at radius 1 is 1.15 bits per heavy atom. The summed E-state index contributed by atoms with van der Waals surface area (Å²) in [6.45, 7) is 11.4. The van der Waals surface area contributed by atoms with Crippen molar-refractivity contribution in [3.8, 4) is 0 Å². The van der Waals surface area contributed by atoms with Gasteiger partial charge in [-0.3, -0.25) is 4.79 Å². The zero-order chi connectivity index (χ0) is 15.1. The second-order valence-corrected chi connectivity index (χ2v) is 7.70. The molecule has 4 atom stereocenters. The molecule has 0 aromatic carbocycles. The van der Waals surface area contributed by atoms with Gasteiger partial charge in [0.15, 0.2) is 0 Å². The summed E-state index contributed by atoms with van der Waals surface area (Å²) in [6, 6.07) is 0. The molecule has 1 fully saturated rings. The van der Waals surface area contributed by atoms with Gasteiger partial charge < -0.3 is 0 Å². The van der Waals surface area contributed by atoms with E-state index in [0.717, 1.165) is 18.8 Å². The van der Waals surface area contributed by atoms with Crippen LogP contribution in [0.4, 0.5) is 0 Å². The van der Waals surface area contributed by atoms with E-state index in [1.807, 2.05) is 0 Å². The molecular weight excluding hydrogens is 244 g/mol. The SMILES string of the molecule is CCCCCC(C)CC(=O)C1CC(C)CCC1C(C)C. The Morgan fingerprint density at radius 3 is 2.45 bits per heavy atom. The molecule has 0 spiro atoms. The van der Waals surface area contributed by atoms with Crippen molar-refractivity contribution in [3.05, 3.63) is 0 Å². The van der Waals surface area contributed by atoms with E-state index in [-0.39, 0.29) is 0 Å². The van der Waals surface area contributed by atoms with Gasteiger partial charge in [-0.05, 0) is 36.5 Å². The molecule has 0 aromatic rings.